The van der Waals surface area contributed by atoms with E-state index in [-0.39, 0.29) is 17.6 Å². The maximum absolute atomic E-state index is 12.5. The third kappa shape index (κ3) is 3.65. The molecule has 1 amide bonds. The maximum Gasteiger partial charge on any atom is 0.274 e. The fourth-order valence-electron chi connectivity index (χ4n) is 3.74. The molecule has 0 aliphatic carbocycles. The average Bonchev–Trinajstić information content (AvgIpc) is 2.70. The quantitative estimate of drug-likeness (QED) is 0.893. The first-order valence-corrected chi connectivity index (χ1v) is 8.97. The van der Waals surface area contributed by atoms with Gasteiger partial charge in [-0.25, -0.2) is 15.0 Å². The molecule has 136 valence electrons. The van der Waals surface area contributed by atoms with Gasteiger partial charge in [0.25, 0.3) is 5.91 Å². The van der Waals surface area contributed by atoms with Gasteiger partial charge < -0.3 is 15.0 Å². The summed E-state index contributed by atoms with van der Waals surface area (Å²) in [6, 6.07) is 2.09. The van der Waals surface area contributed by atoms with Crippen molar-refractivity contribution in [2.24, 2.45) is 0 Å². The molecule has 0 saturated carbocycles. The molecule has 2 fully saturated rings. The van der Waals surface area contributed by atoms with Gasteiger partial charge in [0.2, 0.25) is 5.95 Å². The fraction of sp³-hybridized carbons (Fsp3) is 0.500. The Morgan fingerprint density at radius 2 is 1.96 bits per heavy atom. The predicted octanol–water partition coefficient (Wildman–Crippen LogP) is 1.53. The van der Waals surface area contributed by atoms with Crippen molar-refractivity contribution in [2.45, 2.75) is 37.3 Å². The molecule has 1 N–H and O–H groups in total. The van der Waals surface area contributed by atoms with E-state index in [0.717, 1.165) is 25.7 Å². The van der Waals surface area contributed by atoms with Gasteiger partial charge in [-0.15, -0.1) is 0 Å². The number of piperidine rings is 1. The van der Waals surface area contributed by atoms with E-state index in [4.69, 9.17) is 4.74 Å². The Kier molecular flexibility index (Phi) is 4.75. The molecule has 8 nitrogen and oxygen atoms in total. The van der Waals surface area contributed by atoms with E-state index < -0.39 is 0 Å². The van der Waals surface area contributed by atoms with Crippen LogP contribution in [0.1, 0.15) is 36.2 Å². The fourth-order valence-corrected chi connectivity index (χ4v) is 3.74. The summed E-state index contributed by atoms with van der Waals surface area (Å²) in [6.07, 6.45) is 11.6. The lowest BCUT2D eigenvalue weighted by molar-refractivity contribution is -0.110. The second-order valence-electron chi connectivity index (χ2n) is 6.82. The van der Waals surface area contributed by atoms with Gasteiger partial charge in [0, 0.05) is 50.5 Å². The van der Waals surface area contributed by atoms with Crippen molar-refractivity contribution in [1.29, 1.82) is 0 Å². The minimum Gasteiger partial charge on any atom is -0.375 e. The number of ether oxygens (including phenoxy) is 1. The molecular weight excluding hydrogens is 332 g/mol. The van der Waals surface area contributed by atoms with Crippen molar-refractivity contribution in [3.8, 4) is 0 Å². The normalized spacial score (nSPS) is 22.2. The number of aromatic nitrogens is 4. The molecule has 4 rings (SSSR count). The van der Waals surface area contributed by atoms with Gasteiger partial charge in [0.1, 0.15) is 5.69 Å². The van der Waals surface area contributed by atoms with Crippen molar-refractivity contribution in [3.63, 3.8) is 0 Å². The van der Waals surface area contributed by atoms with Crippen LogP contribution in [-0.4, -0.2) is 62.1 Å². The molecule has 0 radical (unpaired) electrons. The standard InChI is InChI=1S/C18H22N6O2/c25-16(15-13-19-7-8-20-15)24-9-3-18(4-10-24)12-14(2-11-26-18)23-17-21-5-1-6-22-17/h1,5-8,13-14H,2-4,9-12H2,(H,21,22,23)/t14-/m1/s1. The van der Waals surface area contributed by atoms with Gasteiger partial charge in [-0.1, -0.05) is 0 Å². The lowest BCUT2D eigenvalue weighted by Crippen LogP contribution is -2.52. The van der Waals surface area contributed by atoms with Gasteiger partial charge in [0.15, 0.2) is 0 Å². The number of nitrogens with zero attached hydrogens (tertiary/aromatic N) is 5. The molecule has 2 saturated heterocycles. The first-order valence-electron chi connectivity index (χ1n) is 8.97. The maximum atomic E-state index is 12.5. The minimum absolute atomic E-state index is 0.0591. The molecule has 26 heavy (non-hydrogen) atoms. The van der Waals surface area contributed by atoms with Crippen molar-refractivity contribution >= 4 is 11.9 Å². The molecule has 4 heterocycles. The van der Waals surface area contributed by atoms with E-state index in [9.17, 15) is 4.79 Å². The van der Waals surface area contributed by atoms with Gasteiger partial charge in [-0.3, -0.25) is 9.78 Å². The van der Waals surface area contributed by atoms with Crippen molar-refractivity contribution in [2.75, 3.05) is 25.0 Å². The predicted molar refractivity (Wildman–Crippen MR) is 94.5 cm³/mol. The highest BCUT2D eigenvalue weighted by Gasteiger charge is 2.41. The van der Waals surface area contributed by atoms with Gasteiger partial charge >= 0.3 is 0 Å². The highest BCUT2D eigenvalue weighted by molar-refractivity contribution is 5.92. The summed E-state index contributed by atoms with van der Waals surface area (Å²) in [5, 5.41) is 3.41. The molecule has 1 spiro atoms. The summed E-state index contributed by atoms with van der Waals surface area (Å²) in [7, 11) is 0. The first-order chi connectivity index (χ1) is 12.7. The van der Waals surface area contributed by atoms with Crippen molar-refractivity contribution in [3.05, 3.63) is 42.7 Å². The third-order valence-corrected chi connectivity index (χ3v) is 5.14. The summed E-state index contributed by atoms with van der Waals surface area (Å²) in [6.45, 7) is 2.05. The number of likely N-dealkylation sites (tertiary alicyclic amines) is 1. The number of nitrogens with one attached hydrogen (secondary N) is 1. The summed E-state index contributed by atoms with van der Waals surface area (Å²) >= 11 is 0. The first kappa shape index (κ1) is 16.8. The van der Waals surface area contributed by atoms with Gasteiger partial charge in [-0.05, 0) is 31.7 Å². The van der Waals surface area contributed by atoms with E-state index in [0.29, 0.717) is 31.3 Å². The molecule has 0 unspecified atom stereocenters. The summed E-state index contributed by atoms with van der Waals surface area (Å²) in [5.41, 5.74) is 0.220. The summed E-state index contributed by atoms with van der Waals surface area (Å²) < 4.78 is 6.16. The molecule has 2 aromatic heterocycles. The topological polar surface area (TPSA) is 93.1 Å². The zero-order chi connectivity index (χ0) is 17.8. The summed E-state index contributed by atoms with van der Waals surface area (Å²) in [5.74, 6) is 0.598. The third-order valence-electron chi connectivity index (χ3n) is 5.14. The van der Waals surface area contributed by atoms with Crippen LogP contribution in [0, 0.1) is 0 Å². The van der Waals surface area contributed by atoms with Crippen LogP contribution < -0.4 is 5.32 Å². The van der Waals surface area contributed by atoms with Crippen LogP contribution in [-0.2, 0) is 4.74 Å². The second kappa shape index (κ2) is 7.33. The minimum atomic E-state index is -0.177. The van der Waals surface area contributed by atoms with E-state index in [2.05, 4.69) is 25.3 Å². The number of rotatable bonds is 3. The van der Waals surface area contributed by atoms with Crippen LogP contribution in [0.25, 0.3) is 0 Å². The number of amides is 1. The zero-order valence-electron chi connectivity index (χ0n) is 14.5. The Morgan fingerprint density at radius 1 is 1.15 bits per heavy atom. The van der Waals surface area contributed by atoms with Crippen LogP contribution in [0.15, 0.2) is 37.1 Å². The van der Waals surface area contributed by atoms with Crippen LogP contribution >= 0.6 is 0 Å². The Labute approximate surface area is 152 Å². The SMILES string of the molecule is O=C(c1cnccn1)N1CCC2(CC1)C[C@H](Nc1ncccn1)CCO2. The van der Waals surface area contributed by atoms with Gasteiger partial charge in [0.05, 0.1) is 11.8 Å². The average molecular weight is 354 g/mol. The van der Waals surface area contributed by atoms with E-state index >= 15 is 0 Å². The van der Waals surface area contributed by atoms with E-state index in [1.807, 2.05) is 4.90 Å². The Hall–Kier alpha value is -2.61. The highest BCUT2D eigenvalue weighted by atomic mass is 16.5. The Bertz CT molecular complexity index is 734. The number of anilines is 1. The van der Waals surface area contributed by atoms with E-state index in [1.54, 1.807) is 30.9 Å². The molecule has 8 heteroatoms. The van der Waals surface area contributed by atoms with Crippen molar-refractivity contribution in [1.82, 2.24) is 24.8 Å². The molecule has 0 aromatic carbocycles. The van der Waals surface area contributed by atoms with Crippen LogP contribution in [0.5, 0.6) is 0 Å². The van der Waals surface area contributed by atoms with Crippen molar-refractivity contribution < 1.29 is 9.53 Å². The molecular formula is C18H22N6O2. The summed E-state index contributed by atoms with van der Waals surface area (Å²) in [4.78, 5) is 31.0. The van der Waals surface area contributed by atoms with Crippen LogP contribution in [0.3, 0.4) is 0 Å². The molecule has 2 aliphatic heterocycles. The lowest BCUT2D eigenvalue weighted by atomic mass is 9.82. The number of hydrogen-bond donors (Lipinski definition) is 1. The smallest absolute Gasteiger partial charge is 0.274 e. The van der Waals surface area contributed by atoms with Gasteiger partial charge in [-0.2, -0.15) is 0 Å². The zero-order valence-corrected chi connectivity index (χ0v) is 14.5. The lowest BCUT2D eigenvalue weighted by Gasteiger charge is -2.46. The van der Waals surface area contributed by atoms with Crippen LogP contribution in [0.2, 0.25) is 0 Å². The Balaban J connectivity index is 1.36. The second-order valence-corrected chi connectivity index (χ2v) is 6.82. The highest BCUT2D eigenvalue weighted by Crippen LogP contribution is 2.36. The molecule has 2 aromatic rings. The number of carbonyl (C=O) groups is 1. The molecule has 2 aliphatic rings. The largest absolute Gasteiger partial charge is 0.375 e. The van der Waals surface area contributed by atoms with E-state index in [1.165, 1.54) is 6.20 Å². The monoisotopic (exact) mass is 354 g/mol. The molecule has 1 atom stereocenters. The Morgan fingerprint density at radius 3 is 2.69 bits per heavy atom. The molecule has 0 bridgehead atoms. The number of carbonyl (C=O) groups excluding carboxylic acids is 1. The van der Waals surface area contributed by atoms with Crippen LogP contribution in [0.4, 0.5) is 5.95 Å². The number of hydrogen-bond acceptors (Lipinski definition) is 7.